The van der Waals surface area contributed by atoms with Crippen LogP contribution in [0.4, 0.5) is 0 Å². The van der Waals surface area contributed by atoms with E-state index in [4.69, 9.17) is 21.1 Å². The van der Waals surface area contributed by atoms with Crippen molar-refractivity contribution in [2.45, 2.75) is 18.6 Å². The van der Waals surface area contributed by atoms with E-state index in [1.807, 2.05) is 24.3 Å². The second-order valence-electron chi connectivity index (χ2n) is 4.16. The standard InChI is InChI=1S/C13H12ClNO2/c14-12-3-2-10(9-15-12)8-11-4-6-13(17-11)5-1-7-16-13/h2-4,6,8-9H,1,5,7H2/b11-8-. The molecule has 4 heteroatoms. The number of pyridine rings is 1. The van der Waals surface area contributed by atoms with Gasteiger partial charge in [0.1, 0.15) is 10.9 Å². The highest BCUT2D eigenvalue weighted by molar-refractivity contribution is 6.29. The number of hydrogen-bond donors (Lipinski definition) is 0. The number of nitrogens with zero attached hydrogens (tertiary/aromatic N) is 1. The number of aromatic nitrogens is 1. The number of rotatable bonds is 1. The van der Waals surface area contributed by atoms with E-state index in [-0.39, 0.29) is 0 Å². The highest BCUT2D eigenvalue weighted by Crippen LogP contribution is 2.36. The lowest BCUT2D eigenvalue weighted by Gasteiger charge is -2.20. The van der Waals surface area contributed by atoms with E-state index in [2.05, 4.69) is 4.98 Å². The summed E-state index contributed by atoms with van der Waals surface area (Å²) in [6, 6.07) is 3.66. The Balaban J connectivity index is 1.78. The fraction of sp³-hybridized carbons (Fsp3) is 0.308. The fourth-order valence-corrected chi connectivity index (χ4v) is 2.15. The third-order valence-electron chi connectivity index (χ3n) is 2.87. The fourth-order valence-electron chi connectivity index (χ4n) is 2.04. The molecule has 3 rings (SSSR count). The van der Waals surface area contributed by atoms with Gasteiger partial charge in [0, 0.05) is 12.6 Å². The van der Waals surface area contributed by atoms with Gasteiger partial charge in [-0.2, -0.15) is 0 Å². The molecule has 0 aromatic carbocycles. The molecule has 0 radical (unpaired) electrons. The smallest absolute Gasteiger partial charge is 0.230 e. The molecule has 2 aliphatic heterocycles. The minimum Gasteiger partial charge on any atom is -0.459 e. The molecular formula is C13H12ClNO2. The molecule has 2 aliphatic rings. The van der Waals surface area contributed by atoms with Gasteiger partial charge >= 0.3 is 0 Å². The van der Waals surface area contributed by atoms with Gasteiger partial charge in [0.2, 0.25) is 5.79 Å². The zero-order valence-electron chi connectivity index (χ0n) is 9.23. The molecule has 1 aromatic rings. The minimum atomic E-state index is -0.508. The van der Waals surface area contributed by atoms with Crippen LogP contribution in [0.1, 0.15) is 18.4 Å². The van der Waals surface area contributed by atoms with E-state index in [0.717, 1.165) is 30.8 Å². The van der Waals surface area contributed by atoms with Crippen molar-refractivity contribution in [3.63, 3.8) is 0 Å². The Hall–Kier alpha value is -1.32. The third kappa shape index (κ3) is 2.21. The number of halogens is 1. The van der Waals surface area contributed by atoms with Gasteiger partial charge in [0.05, 0.1) is 6.61 Å². The zero-order valence-corrected chi connectivity index (χ0v) is 9.98. The van der Waals surface area contributed by atoms with Crippen molar-refractivity contribution < 1.29 is 9.47 Å². The summed E-state index contributed by atoms with van der Waals surface area (Å²) in [4.78, 5) is 4.02. The molecule has 3 nitrogen and oxygen atoms in total. The van der Waals surface area contributed by atoms with Crippen molar-refractivity contribution in [1.82, 2.24) is 4.98 Å². The predicted octanol–water partition coefficient (Wildman–Crippen LogP) is 3.17. The van der Waals surface area contributed by atoms with Crippen molar-refractivity contribution in [3.8, 4) is 0 Å². The van der Waals surface area contributed by atoms with Gasteiger partial charge < -0.3 is 9.47 Å². The lowest BCUT2D eigenvalue weighted by molar-refractivity contribution is -0.135. The Morgan fingerprint density at radius 2 is 2.35 bits per heavy atom. The highest BCUT2D eigenvalue weighted by Gasteiger charge is 2.38. The maximum Gasteiger partial charge on any atom is 0.230 e. The predicted molar refractivity (Wildman–Crippen MR) is 65.4 cm³/mol. The number of hydrogen-bond acceptors (Lipinski definition) is 3. The van der Waals surface area contributed by atoms with E-state index in [1.54, 1.807) is 12.3 Å². The first-order valence-electron chi connectivity index (χ1n) is 5.61. The van der Waals surface area contributed by atoms with Gasteiger partial charge in [-0.3, -0.25) is 0 Å². The van der Waals surface area contributed by atoms with Crippen LogP contribution in [0.2, 0.25) is 5.15 Å². The third-order valence-corrected chi connectivity index (χ3v) is 3.09. The molecule has 0 saturated carbocycles. The summed E-state index contributed by atoms with van der Waals surface area (Å²) < 4.78 is 11.4. The van der Waals surface area contributed by atoms with Crippen LogP contribution in [0.3, 0.4) is 0 Å². The molecule has 88 valence electrons. The maximum atomic E-state index is 5.81. The molecule has 1 spiro atoms. The monoisotopic (exact) mass is 249 g/mol. The van der Waals surface area contributed by atoms with Gasteiger partial charge in [0.15, 0.2) is 0 Å². The van der Waals surface area contributed by atoms with Crippen molar-refractivity contribution in [3.05, 3.63) is 47.0 Å². The molecular weight excluding hydrogens is 238 g/mol. The van der Waals surface area contributed by atoms with Crippen molar-refractivity contribution in [2.24, 2.45) is 0 Å². The van der Waals surface area contributed by atoms with E-state index < -0.39 is 5.79 Å². The van der Waals surface area contributed by atoms with Crippen LogP contribution in [0.5, 0.6) is 0 Å². The van der Waals surface area contributed by atoms with Crippen LogP contribution < -0.4 is 0 Å². The SMILES string of the molecule is Clc1ccc(/C=C2/C=CC3(CCCO3)O2)cn1. The Labute approximate surface area is 105 Å². The second kappa shape index (κ2) is 4.17. The normalized spacial score (nSPS) is 29.1. The minimum absolute atomic E-state index is 0.491. The van der Waals surface area contributed by atoms with Crippen molar-refractivity contribution in [1.29, 1.82) is 0 Å². The lowest BCUT2D eigenvalue weighted by Crippen LogP contribution is -2.24. The van der Waals surface area contributed by atoms with Crippen LogP contribution >= 0.6 is 11.6 Å². The van der Waals surface area contributed by atoms with Crippen molar-refractivity contribution in [2.75, 3.05) is 6.61 Å². The van der Waals surface area contributed by atoms with Crippen LogP contribution in [-0.4, -0.2) is 17.4 Å². The van der Waals surface area contributed by atoms with E-state index in [0.29, 0.717) is 5.15 Å². The first-order chi connectivity index (χ1) is 8.26. The topological polar surface area (TPSA) is 31.4 Å². The molecule has 0 bridgehead atoms. The van der Waals surface area contributed by atoms with Crippen LogP contribution in [0, 0.1) is 0 Å². The van der Waals surface area contributed by atoms with Gasteiger partial charge in [-0.05, 0) is 36.3 Å². The molecule has 3 heterocycles. The van der Waals surface area contributed by atoms with Crippen molar-refractivity contribution >= 4 is 17.7 Å². The quantitative estimate of drug-likeness (QED) is 0.717. The van der Waals surface area contributed by atoms with Gasteiger partial charge in [0.25, 0.3) is 0 Å². The summed E-state index contributed by atoms with van der Waals surface area (Å²) >= 11 is 5.73. The van der Waals surface area contributed by atoms with Gasteiger partial charge in [-0.1, -0.05) is 17.7 Å². The second-order valence-corrected chi connectivity index (χ2v) is 4.55. The summed E-state index contributed by atoms with van der Waals surface area (Å²) in [5.74, 6) is 0.294. The largest absolute Gasteiger partial charge is 0.459 e. The van der Waals surface area contributed by atoms with Gasteiger partial charge in [-0.15, -0.1) is 0 Å². The molecule has 1 atom stereocenters. The molecule has 1 fully saturated rings. The summed E-state index contributed by atoms with van der Waals surface area (Å²) in [6.07, 6.45) is 9.53. The van der Waals surface area contributed by atoms with Crippen LogP contribution in [0.25, 0.3) is 6.08 Å². The first-order valence-corrected chi connectivity index (χ1v) is 5.99. The molecule has 0 N–H and O–H groups in total. The Kier molecular flexibility index (Phi) is 2.65. The first kappa shape index (κ1) is 10.8. The Morgan fingerprint density at radius 3 is 3.06 bits per heavy atom. The molecule has 17 heavy (non-hydrogen) atoms. The molecule has 1 saturated heterocycles. The van der Waals surface area contributed by atoms with E-state index in [1.165, 1.54) is 0 Å². The van der Waals surface area contributed by atoms with E-state index in [9.17, 15) is 0 Å². The average Bonchev–Trinajstić information content (AvgIpc) is 2.94. The molecule has 0 amide bonds. The number of ether oxygens (including phenoxy) is 2. The Bertz CT molecular complexity index is 473. The summed E-state index contributed by atoms with van der Waals surface area (Å²) in [5.41, 5.74) is 0.962. The molecule has 1 unspecified atom stereocenters. The zero-order chi connectivity index (χ0) is 11.7. The van der Waals surface area contributed by atoms with E-state index >= 15 is 0 Å². The number of allylic oxidation sites excluding steroid dienone is 1. The maximum absolute atomic E-state index is 5.81. The van der Waals surface area contributed by atoms with Crippen LogP contribution in [-0.2, 0) is 9.47 Å². The molecule has 1 aromatic heterocycles. The highest BCUT2D eigenvalue weighted by atomic mass is 35.5. The van der Waals surface area contributed by atoms with Gasteiger partial charge in [-0.25, -0.2) is 4.98 Å². The Morgan fingerprint density at radius 1 is 1.41 bits per heavy atom. The lowest BCUT2D eigenvalue weighted by atomic mass is 10.2. The summed E-state index contributed by atoms with van der Waals surface area (Å²) in [7, 11) is 0. The molecule has 0 aliphatic carbocycles. The van der Waals surface area contributed by atoms with Crippen LogP contribution in [0.15, 0.2) is 36.2 Å². The average molecular weight is 250 g/mol. The summed E-state index contributed by atoms with van der Waals surface area (Å²) in [5, 5.41) is 0.491. The summed E-state index contributed by atoms with van der Waals surface area (Å²) in [6.45, 7) is 0.764.